The summed E-state index contributed by atoms with van der Waals surface area (Å²) < 4.78 is 10.4. The summed E-state index contributed by atoms with van der Waals surface area (Å²) in [6, 6.07) is 0. The number of β-amino-alcohol motifs (C(OH)–C–C–N with tert-alkyl or cyclic N) is 2. The van der Waals surface area contributed by atoms with Crippen molar-refractivity contribution in [3.05, 3.63) is 0 Å². The molecule has 1 fully saturated rings. The number of hydrogen-bond donors (Lipinski definition) is 2. The highest BCUT2D eigenvalue weighted by Crippen LogP contribution is 2.10. The fraction of sp³-hybridized carbons (Fsp3) is 1.00. The van der Waals surface area contributed by atoms with Crippen molar-refractivity contribution in [1.29, 1.82) is 0 Å². The number of piperidine rings is 1. The maximum atomic E-state index is 9.82. The predicted octanol–water partition coefficient (Wildman–Crippen LogP) is -0.144. The molecular formula is C12H25NO4. The van der Waals surface area contributed by atoms with E-state index in [1.165, 1.54) is 0 Å². The summed E-state index contributed by atoms with van der Waals surface area (Å²) in [6.07, 6.45) is 1.12. The number of likely N-dealkylation sites (tertiary alicyclic amines) is 1. The van der Waals surface area contributed by atoms with E-state index in [1.807, 2.05) is 6.92 Å². The monoisotopic (exact) mass is 247 g/mol. The number of aliphatic hydroxyl groups excluding tert-OH is 2. The van der Waals surface area contributed by atoms with E-state index < -0.39 is 6.10 Å². The zero-order valence-corrected chi connectivity index (χ0v) is 10.8. The molecule has 1 aliphatic heterocycles. The standard InChI is InChI=1S/C12H25NO4/c1-10(8-16-2)17-9-12(15)7-13-5-3-4-11(14)6-13/h10-12,14-15H,3-9H2,1-2H3. The lowest BCUT2D eigenvalue weighted by molar-refractivity contribution is -0.0454. The van der Waals surface area contributed by atoms with Gasteiger partial charge >= 0.3 is 0 Å². The quantitative estimate of drug-likeness (QED) is 0.655. The van der Waals surface area contributed by atoms with Crippen LogP contribution in [0.5, 0.6) is 0 Å². The molecular weight excluding hydrogens is 222 g/mol. The molecule has 0 amide bonds. The van der Waals surface area contributed by atoms with Crippen LogP contribution < -0.4 is 0 Å². The molecule has 0 bridgehead atoms. The number of nitrogens with zero attached hydrogens (tertiary/aromatic N) is 1. The van der Waals surface area contributed by atoms with Crippen LogP contribution in [0.4, 0.5) is 0 Å². The molecule has 0 aliphatic carbocycles. The van der Waals surface area contributed by atoms with E-state index in [-0.39, 0.29) is 12.2 Å². The SMILES string of the molecule is COCC(C)OCC(O)CN1CCCC(O)C1. The molecule has 102 valence electrons. The maximum absolute atomic E-state index is 9.82. The van der Waals surface area contributed by atoms with Gasteiger partial charge in [-0.05, 0) is 26.3 Å². The molecule has 5 nitrogen and oxygen atoms in total. The Kier molecular flexibility index (Phi) is 6.99. The van der Waals surface area contributed by atoms with Crippen molar-refractivity contribution in [2.24, 2.45) is 0 Å². The third-order valence-corrected chi connectivity index (χ3v) is 2.92. The molecule has 2 N–H and O–H groups in total. The molecule has 5 heteroatoms. The highest BCUT2D eigenvalue weighted by Gasteiger charge is 2.20. The second kappa shape index (κ2) is 8.00. The summed E-state index contributed by atoms with van der Waals surface area (Å²) in [7, 11) is 1.63. The van der Waals surface area contributed by atoms with E-state index in [1.54, 1.807) is 7.11 Å². The van der Waals surface area contributed by atoms with Gasteiger partial charge in [0.1, 0.15) is 0 Å². The lowest BCUT2D eigenvalue weighted by Crippen LogP contribution is -2.43. The molecule has 1 rings (SSSR count). The summed E-state index contributed by atoms with van der Waals surface area (Å²) in [6.45, 7) is 4.94. The number of methoxy groups -OCH3 is 1. The maximum Gasteiger partial charge on any atom is 0.0900 e. The van der Waals surface area contributed by atoms with E-state index >= 15 is 0 Å². The average Bonchev–Trinajstić information content (AvgIpc) is 2.27. The first kappa shape index (κ1) is 14.9. The third kappa shape index (κ3) is 6.33. The van der Waals surface area contributed by atoms with Crippen LogP contribution in [0.15, 0.2) is 0 Å². The van der Waals surface area contributed by atoms with E-state index in [9.17, 15) is 10.2 Å². The Labute approximate surface area is 103 Å². The smallest absolute Gasteiger partial charge is 0.0900 e. The zero-order chi connectivity index (χ0) is 12.7. The van der Waals surface area contributed by atoms with Crippen LogP contribution in [0.3, 0.4) is 0 Å². The minimum atomic E-state index is -0.500. The second-order valence-electron chi connectivity index (χ2n) is 4.81. The van der Waals surface area contributed by atoms with Gasteiger partial charge in [-0.25, -0.2) is 0 Å². The number of rotatable bonds is 7. The summed E-state index contributed by atoms with van der Waals surface area (Å²) in [5, 5.41) is 19.3. The Hall–Kier alpha value is -0.200. The molecule has 1 heterocycles. The molecule has 3 unspecified atom stereocenters. The number of ether oxygens (including phenoxy) is 2. The summed E-state index contributed by atoms with van der Waals surface area (Å²) >= 11 is 0. The van der Waals surface area contributed by atoms with Crippen LogP contribution in [0, 0.1) is 0 Å². The fourth-order valence-electron chi connectivity index (χ4n) is 2.11. The van der Waals surface area contributed by atoms with Gasteiger partial charge in [0.25, 0.3) is 0 Å². The summed E-state index contributed by atoms with van der Waals surface area (Å²) in [5.41, 5.74) is 0. The van der Waals surface area contributed by atoms with Crippen molar-refractivity contribution in [1.82, 2.24) is 4.90 Å². The average molecular weight is 247 g/mol. The first-order valence-corrected chi connectivity index (χ1v) is 6.30. The van der Waals surface area contributed by atoms with Crippen molar-refractivity contribution in [2.75, 3.05) is 40.0 Å². The lowest BCUT2D eigenvalue weighted by atomic mass is 10.1. The molecule has 1 aliphatic rings. The fourth-order valence-corrected chi connectivity index (χ4v) is 2.11. The molecule has 1 saturated heterocycles. The van der Waals surface area contributed by atoms with Gasteiger partial charge < -0.3 is 19.7 Å². The highest BCUT2D eigenvalue weighted by molar-refractivity contribution is 4.74. The van der Waals surface area contributed by atoms with Gasteiger partial charge in [0.2, 0.25) is 0 Å². The molecule has 17 heavy (non-hydrogen) atoms. The topological polar surface area (TPSA) is 62.2 Å². The van der Waals surface area contributed by atoms with Gasteiger partial charge in [0.15, 0.2) is 0 Å². The second-order valence-corrected chi connectivity index (χ2v) is 4.81. The normalized spacial score (nSPS) is 25.8. The van der Waals surface area contributed by atoms with Crippen molar-refractivity contribution in [3.8, 4) is 0 Å². The van der Waals surface area contributed by atoms with Crippen molar-refractivity contribution < 1.29 is 19.7 Å². The molecule has 0 spiro atoms. The number of aliphatic hydroxyl groups is 2. The van der Waals surface area contributed by atoms with Gasteiger partial charge in [-0.2, -0.15) is 0 Å². The third-order valence-electron chi connectivity index (χ3n) is 2.92. The first-order chi connectivity index (χ1) is 8.11. The van der Waals surface area contributed by atoms with E-state index in [0.717, 1.165) is 19.4 Å². The molecule has 0 aromatic heterocycles. The van der Waals surface area contributed by atoms with E-state index in [2.05, 4.69) is 4.90 Å². The molecule has 0 saturated carbocycles. The van der Waals surface area contributed by atoms with Gasteiger partial charge in [-0.3, -0.25) is 4.90 Å². The van der Waals surface area contributed by atoms with Crippen molar-refractivity contribution >= 4 is 0 Å². The van der Waals surface area contributed by atoms with Crippen LogP contribution in [0.2, 0.25) is 0 Å². The minimum Gasteiger partial charge on any atom is -0.392 e. The highest BCUT2D eigenvalue weighted by atomic mass is 16.5. The molecule has 0 aromatic rings. The number of hydrogen-bond acceptors (Lipinski definition) is 5. The van der Waals surface area contributed by atoms with E-state index in [0.29, 0.717) is 26.3 Å². The van der Waals surface area contributed by atoms with Gasteiger partial charge in [0.05, 0.1) is 31.5 Å². The molecule has 3 atom stereocenters. The van der Waals surface area contributed by atoms with Crippen molar-refractivity contribution in [3.63, 3.8) is 0 Å². The predicted molar refractivity (Wildman–Crippen MR) is 65.0 cm³/mol. The Morgan fingerprint density at radius 2 is 2.18 bits per heavy atom. The van der Waals surface area contributed by atoms with Crippen LogP contribution >= 0.6 is 0 Å². The van der Waals surface area contributed by atoms with Gasteiger partial charge in [-0.1, -0.05) is 0 Å². The Balaban J connectivity index is 2.13. The van der Waals surface area contributed by atoms with Crippen molar-refractivity contribution in [2.45, 2.75) is 38.1 Å². The Morgan fingerprint density at radius 1 is 1.41 bits per heavy atom. The summed E-state index contributed by atoms with van der Waals surface area (Å²) in [5.74, 6) is 0. The molecule has 0 aromatic carbocycles. The lowest BCUT2D eigenvalue weighted by Gasteiger charge is -2.31. The molecule has 0 radical (unpaired) electrons. The van der Waals surface area contributed by atoms with Crippen LogP contribution in [0.1, 0.15) is 19.8 Å². The van der Waals surface area contributed by atoms with E-state index in [4.69, 9.17) is 9.47 Å². The first-order valence-electron chi connectivity index (χ1n) is 6.30. The van der Waals surface area contributed by atoms with Gasteiger partial charge in [0, 0.05) is 20.2 Å². The van der Waals surface area contributed by atoms with Crippen LogP contribution in [-0.2, 0) is 9.47 Å². The van der Waals surface area contributed by atoms with Crippen LogP contribution in [-0.4, -0.2) is 73.4 Å². The van der Waals surface area contributed by atoms with Crippen LogP contribution in [0.25, 0.3) is 0 Å². The largest absolute Gasteiger partial charge is 0.392 e. The van der Waals surface area contributed by atoms with Gasteiger partial charge in [-0.15, -0.1) is 0 Å². The minimum absolute atomic E-state index is 0.00148. The summed E-state index contributed by atoms with van der Waals surface area (Å²) in [4.78, 5) is 2.09. The Bertz CT molecular complexity index is 203. The Morgan fingerprint density at radius 3 is 2.82 bits per heavy atom. The zero-order valence-electron chi connectivity index (χ0n) is 10.8.